The van der Waals surface area contributed by atoms with E-state index in [1.807, 2.05) is 29.1 Å². The van der Waals surface area contributed by atoms with Gasteiger partial charge in [-0.15, -0.1) is 0 Å². The number of ether oxygens (including phenoxy) is 1. The van der Waals surface area contributed by atoms with Crippen LogP contribution in [0.25, 0.3) is 16.7 Å². The molecule has 4 aliphatic rings. The average Bonchev–Trinajstić information content (AvgIpc) is 3.99. The highest BCUT2D eigenvalue weighted by Gasteiger charge is 2.28. The molecule has 0 spiro atoms. The number of nitriles is 1. The van der Waals surface area contributed by atoms with Gasteiger partial charge in [0.1, 0.15) is 29.9 Å². The van der Waals surface area contributed by atoms with Crippen molar-refractivity contribution in [1.82, 2.24) is 33.9 Å². The first-order chi connectivity index (χ1) is 27.8. The third-order valence-electron chi connectivity index (χ3n) is 11.6. The number of carbonyl (C=O) groups is 1. The Bertz CT molecular complexity index is 2420. The second-order valence-electron chi connectivity index (χ2n) is 15.2. The van der Waals surface area contributed by atoms with Gasteiger partial charge in [-0.1, -0.05) is 0 Å². The maximum Gasteiger partial charge on any atom is 0.267 e. The third kappa shape index (κ3) is 7.66. The molecule has 0 aliphatic carbocycles. The number of amides is 1. The summed E-state index contributed by atoms with van der Waals surface area (Å²) in [5.41, 5.74) is 3.44. The number of nitrogens with one attached hydrogen (secondary N) is 2. The fraction of sp³-hybridized carbons (Fsp3) is 0.390. The normalized spacial score (nSPS) is 19.5. The molecule has 9 rings (SSSR count). The number of hydrogen-bond donors (Lipinski definition) is 2. The van der Waals surface area contributed by atoms with E-state index in [1.165, 1.54) is 34.8 Å². The van der Waals surface area contributed by atoms with Gasteiger partial charge in [0.15, 0.2) is 17.4 Å². The molecule has 1 amide bonds. The first-order valence-corrected chi connectivity index (χ1v) is 20.2. The SMILES string of the molecule is N#Cc1c(NSN2CCC(F)C2)ccc(F)c1Oc1ccc2ncn(-c3ccn(C4CCN(CC5CCN(c6ccc7c(c6)CNC7=O)CC5)CC4)n3)c(=O)c2c1. The summed E-state index contributed by atoms with van der Waals surface area (Å²) in [7, 11) is 0. The van der Waals surface area contributed by atoms with Crippen molar-refractivity contribution < 1.29 is 18.3 Å². The Morgan fingerprint density at radius 1 is 0.982 bits per heavy atom. The topological polar surface area (TPSA) is 137 Å². The molecule has 0 radical (unpaired) electrons. The smallest absolute Gasteiger partial charge is 0.267 e. The Balaban J connectivity index is 0.819. The van der Waals surface area contributed by atoms with E-state index in [0.717, 1.165) is 81.7 Å². The van der Waals surface area contributed by atoms with Crippen molar-refractivity contribution in [3.63, 3.8) is 0 Å². The zero-order valence-electron chi connectivity index (χ0n) is 31.2. The largest absolute Gasteiger partial charge is 0.453 e. The fourth-order valence-corrected chi connectivity index (χ4v) is 9.19. The van der Waals surface area contributed by atoms with Gasteiger partial charge in [0.05, 0.1) is 22.6 Å². The van der Waals surface area contributed by atoms with Crippen LogP contribution < -0.4 is 25.2 Å². The summed E-state index contributed by atoms with van der Waals surface area (Å²) in [5.74, 6) is 0.264. The minimum Gasteiger partial charge on any atom is -0.453 e. The molecule has 0 saturated carbocycles. The highest BCUT2D eigenvalue weighted by Crippen LogP contribution is 2.36. The minimum absolute atomic E-state index is 0.0187. The Morgan fingerprint density at radius 3 is 2.61 bits per heavy atom. The summed E-state index contributed by atoms with van der Waals surface area (Å²) < 4.78 is 42.8. The Hall–Kier alpha value is -5.50. The van der Waals surface area contributed by atoms with Crippen molar-refractivity contribution in [2.45, 2.75) is 50.9 Å². The number of alkyl halides is 1. The van der Waals surface area contributed by atoms with Crippen LogP contribution in [0.1, 0.15) is 59.6 Å². The molecule has 3 aromatic carbocycles. The van der Waals surface area contributed by atoms with Crippen molar-refractivity contribution in [2.75, 3.05) is 55.4 Å². The van der Waals surface area contributed by atoms with Gasteiger partial charge in [-0.3, -0.25) is 14.3 Å². The molecule has 3 fully saturated rings. The van der Waals surface area contributed by atoms with Crippen molar-refractivity contribution >= 4 is 40.3 Å². The lowest BCUT2D eigenvalue weighted by Gasteiger charge is -2.38. The fourth-order valence-electron chi connectivity index (χ4n) is 8.36. The number of piperidine rings is 2. The lowest BCUT2D eigenvalue weighted by molar-refractivity contribution is 0.0965. The predicted molar refractivity (Wildman–Crippen MR) is 214 cm³/mol. The average molecular weight is 793 g/mol. The van der Waals surface area contributed by atoms with Crippen molar-refractivity contribution in [3.05, 3.63) is 100.0 Å². The number of likely N-dealkylation sites (tertiary alicyclic amines) is 1. The van der Waals surface area contributed by atoms with Gasteiger partial charge in [-0.25, -0.2) is 22.6 Å². The molecule has 5 aromatic rings. The number of rotatable bonds is 10. The van der Waals surface area contributed by atoms with E-state index < -0.39 is 12.0 Å². The van der Waals surface area contributed by atoms with E-state index in [4.69, 9.17) is 9.84 Å². The van der Waals surface area contributed by atoms with E-state index >= 15 is 4.39 Å². The minimum atomic E-state index is -0.907. The second-order valence-corrected chi connectivity index (χ2v) is 16.1. The number of hydrogen-bond acceptors (Lipinski definition) is 11. The lowest BCUT2D eigenvalue weighted by Crippen LogP contribution is -2.42. The maximum absolute atomic E-state index is 15.1. The van der Waals surface area contributed by atoms with E-state index in [-0.39, 0.29) is 46.5 Å². The number of halogens is 2. The Labute approximate surface area is 332 Å². The lowest BCUT2D eigenvalue weighted by atomic mass is 9.94. The molecule has 1 atom stereocenters. The van der Waals surface area contributed by atoms with Crippen molar-refractivity contribution in [2.24, 2.45) is 5.92 Å². The molecular formula is C41H42F2N10O3S. The molecule has 6 heterocycles. The van der Waals surface area contributed by atoms with Crippen LogP contribution in [0.2, 0.25) is 0 Å². The van der Waals surface area contributed by atoms with Gasteiger partial charge in [-0.05, 0) is 92.1 Å². The molecule has 57 heavy (non-hydrogen) atoms. The highest BCUT2D eigenvalue weighted by molar-refractivity contribution is 7.98. The molecule has 2 aromatic heterocycles. The summed E-state index contributed by atoms with van der Waals surface area (Å²) in [6.07, 6.45) is 7.10. The van der Waals surface area contributed by atoms with E-state index in [1.54, 1.807) is 16.4 Å². The van der Waals surface area contributed by atoms with Gasteiger partial charge in [0.2, 0.25) is 0 Å². The molecule has 4 aliphatic heterocycles. The number of nitrogens with zero attached hydrogens (tertiary/aromatic N) is 8. The van der Waals surface area contributed by atoms with Gasteiger partial charge in [0, 0.05) is 88.0 Å². The van der Waals surface area contributed by atoms with Crippen molar-refractivity contribution in [3.8, 4) is 23.4 Å². The Kier molecular flexibility index (Phi) is 10.3. The Morgan fingerprint density at radius 2 is 1.82 bits per heavy atom. The van der Waals surface area contributed by atoms with Crippen LogP contribution in [0.3, 0.4) is 0 Å². The van der Waals surface area contributed by atoms with Gasteiger partial charge in [0.25, 0.3) is 11.5 Å². The van der Waals surface area contributed by atoms with Gasteiger partial charge >= 0.3 is 0 Å². The van der Waals surface area contributed by atoms with Crippen LogP contribution in [0.15, 0.2) is 71.9 Å². The monoisotopic (exact) mass is 792 g/mol. The maximum atomic E-state index is 15.1. The van der Waals surface area contributed by atoms with E-state index in [9.17, 15) is 19.2 Å². The predicted octanol–water partition coefficient (Wildman–Crippen LogP) is 6.20. The molecule has 1 unspecified atom stereocenters. The molecule has 294 valence electrons. The number of aromatic nitrogens is 4. The third-order valence-corrected chi connectivity index (χ3v) is 12.5. The van der Waals surface area contributed by atoms with Crippen LogP contribution in [0.4, 0.5) is 20.2 Å². The number of carbonyl (C=O) groups excluding carboxylic acids is 1. The number of anilines is 2. The summed E-state index contributed by atoms with van der Waals surface area (Å²) in [6.45, 7) is 6.51. The van der Waals surface area contributed by atoms with E-state index in [0.29, 0.717) is 42.5 Å². The van der Waals surface area contributed by atoms with Crippen LogP contribution >= 0.6 is 12.1 Å². The van der Waals surface area contributed by atoms with Gasteiger partial charge in [-0.2, -0.15) is 10.4 Å². The van der Waals surface area contributed by atoms with E-state index in [2.05, 4.69) is 37.0 Å². The van der Waals surface area contributed by atoms with Crippen LogP contribution in [-0.4, -0.2) is 86.4 Å². The second kappa shape index (κ2) is 15.8. The molecular weight excluding hydrogens is 751 g/mol. The standard InChI is InChI=1S/C41H42F2N10O3S/c42-28-9-17-51(24-28)57-48-37-6-4-35(43)39(34(37)21-44)56-31-2-5-36-33(20-31)41(55)52(25-46-36)38-12-18-53(47-38)29-10-13-49(14-11-29)23-26-7-15-50(16-8-26)30-1-3-32-27(19-30)22-45-40(32)54/h1-6,12,18-20,25-26,28-29,48H,7-11,13-17,22-24H2,(H,45,54). The first-order valence-electron chi connectivity index (χ1n) is 19.5. The van der Waals surface area contributed by atoms with Crippen molar-refractivity contribution in [1.29, 1.82) is 5.26 Å². The summed E-state index contributed by atoms with van der Waals surface area (Å²) in [5, 5.41) is 17.9. The van der Waals surface area contributed by atoms with Crippen LogP contribution in [-0.2, 0) is 6.54 Å². The first kappa shape index (κ1) is 37.1. The summed E-state index contributed by atoms with van der Waals surface area (Å²) in [6, 6.07) is 17.5. The molecule has 16 heteroatoms. The zero-order valence-corrected chi connectivity index (χ0v) is 32.1. The quantitative estimate of drug-likeness (QED) is 0.157. The highest BCUT2D eigenvalue weighted by atomic mass is 32.2. The van der Waals surface area contributed by atoms with Gasteiger partial charge < -0.3 is 24.6 Å². The summed E-state index contributed by atoms with van der Waals surface area (Å²) >= 11 is 1.16. The molecule has 0 bridgehead atoms. The van der Waals surface area contributed by atoms with Crippen LogP contribution in [0.5, 0.6) is 11.5 Å². The number of benzene rings is 3. The molecule has 13 nitrogen and oxygen atoms in total. The number of fused-ring (bicyclic) bond motifs is 2. The summed E-state index contributed by atoms with van der Waals surface area (Å²) in [4.78, 5) is 35.3. The zero-order chi connectivity index (χ0) is 39.0. The molecule has 2 N–H and O–H groups in total. The molecule has 3 saturated heterocycles. The van der Waals surface area contributed by atoms with Crippen LogP contribution in [0, 0.1) is 23.1 Å².